The average molecular weight is 353 g/mol. The van der Waals surface area contributed by atoms with Crippen LogP contribution in [0.15, 0.2) is 10.6 Å². The highest BCUT2D eigenvalue weighted by molar-refractivity contribution is 5.93. The number of likely N-dealkylation sites (tertiary alicyclic amines) is 2. The Hall–Kier alpha value is -1.99. The normalized spacial score (nSPS) is 28.8. The Morgan fingerprint density at radius 3 is 2.80 bits per heavy atom. The van der Waals surface area contributed by atoms with Crippen molar-refractivity contribution in [2.24, 2.45) is 5.41 Å². The fourth-order valence-corrected chi connectivity index (χ4v) is 4.07. The van der Waals surface area contributed by atoms with Gasteiger partial charge in [-0.25, -0.2) is 8.78 Å². The number of aromatic nitrogens is 1. The van der Waals surface area contributed by atoms with Crippen LogP contribution in [0.25, 0.3) is 0 Å². The Morgan fingerprint density at radius 2 is 2.16 bits per heavy atom. The van der Waals surface area contributed by atoms with Gasteiger partial charge in [0.15, 0.2) is 5.69 Å². The lowest BCUT2D eigenvalue weighted by Gasteiger charge is -2.42. The molecule has 3 fully saturated rings. The van der Waals surface area contributed by atoms with Crippen molar-refractivity contribution < 1.29 is 22.9 Å². The molecule has 6 nitrogen and oxygen atoms in total. The molecular weight excluding hydrogens is 332 g/mol. The van der Waals surface area contributed by atoms with Gasteiger partial charge in [0.25, 0.3) is 11.8 Å². The molecule has 4 rings (SSSR count). The van der Waals surface area contributed by atoms with Crippen LogP contribution < -0.4 is 0 Å². The summed E-state index contributed by atoms with van der Waals surface area (Å²) in [6.45, 7) is 2.12. The Labute approximate surface area is 144 Å². The molecule has 1 aliphatic carbocycles. The molecule has 0 aromatic carbocycles. The third-order valence-corrected chi connectivity index (χ3v) is 5.51. The quantitative estimate of drug-likeness (QED) is 0.836. The molecule has 1 spiro atoms. The number of nitrogens with zero attached hydrogens (tertiary/aromatic N) is 3. The fraction of sp³-hybridized carbons (Fsp3) is 0.706. The number of amides is 2. The number of alkyl halides is 2. The smallest absolute Gasteiger partial charge is 0.276 e. The minimum absolute atomic E-state index is 0.0162. The van der Waals surface area contributed by atoms with Gasteiger partial charge in [0.05, 0.1) is 12.0 Å². The van der Waals surface area contributed by atoms with Crippen LogP contribution in [0, 0.1) is 5.41 Å². The molecule has 25 heavy (non-hydrogen) atoms. The van der Waals surface area contributed by atoms with Gasteiger partial charge in [0.2, 0.25) is 5.91 Å². The lowest BCUT2D eigenvalue weighted by molar-refractivity contribution is -0.151. The molecule has 0 unspecified atom stereocenters. The summed E-state index contributed by atoms with van der Waals surface area (Å²) in [6.07, 6.45) is 1.85. The molecule has 1 aromatic rings. The van der Waals surface area contributed by atoms with Crippen LogP contribution in [-0.4, -0.2) is 58.9 Å². The number of piperidine rings is 1. The predicted octanol–water partition coefficient (Wildman–Crippen LogP) is 2.27. The summed E-state index contributed by atoms with van der Waals surface area (Å²) in [5.41, 5.74) is -1.14. The molecule has 2 amide bonds. The van der Waals surface area contributed by atoms with E-state index in [-0.39, 0.29) is 24.1 Å². The highest BCUT2D eigenvalue weighted by Crippen LogP contribution is 2.46. The summed E-state index contributed by atoms with van der Waals surface area (Å²) in [5.74, 6) is -3.02. The summed E-state index contributed by atoms with van der Waals surface area (Å²) in [7, 11) is 0. The van der Waals surface area contributed by atoms with Crippen LogP contribution in [0.3, 0.4) is 0 Å². The van der Waals surface area contributed by atoms with Gasteiger partial charge in [-0.2, -0.15) is 0 Å². The van der Waals surface area contributed by atoms with E-state index < -0.39 is 30.2 Å². The molecule has 1 atom stereocenters. The number of rotatable bonds is 3. The van der Waals surface area contributed by atoms with Crippen LogP contribution in [0.5, 0.6) is 0 Å². The largest absolute Gasteiger partial charge is 0.360 e. The number of hydrogen-bond acceptors (Lipinski definition) is 4. The third kappa shape index (κ3) is 2.81. The lowest BCUT2D eigenvalue weighted by atomic mass is 9.77. The minimum atomic E-state index is -3.09. The van der Waals surface area contributed by atoms with Crippen molar-refractivity contribution in [3.8, 4) is 0 Å². The summed E-state index contributed by atoms with van der Waals surface area (Å²) < 4.78 is 33.9. The summed E-state index contributed by atoms with van der Waals surface area (Å²) in [6, 6.07) is 1.55. The second-order valence-electron chi connectivity index (χ2n) is 7.50. The summed E-state index contributed by atoms with van der Waals surface area (Å²) in [4.78, 5) is 28.0. The van der Waals surface area contributed by atoms with E-state index >= 15 is 0 Å². The monoisotopic (exact) mass is 353 g/mol. The maximum atomic E-state index is 14.4. The first-order chi connectivity index (χ1) is 11.8. The SMILES string of the molecule is CCN1CC[C@]2(CN(C(=O)c3cc(C4CC4)on3)CC(F)(F)C2)C1=O. The molecule has 3 heterocycles. The first-order valence-electron chi connectivity index (χ1n) is 8.77. The van der Waals surface area contributed by atoms with Crippen molar-refractivity contribution in [3.05, 3.63) is 17.5 Å². The fourth-order valence-electron chi connectivity index (χ4n) is 4.07. The molecule has 1 aromatic heterocycles. The van der Waals surface area contributed by atoms with Gasteiger partial charge < -0.3 is 14.3 Å². The van der Waals surface area contributed by atoms with Crippen LogP contribution in [-0.2, 0) is 4.79 Å². The number of carbonyl (C=O) groups excluding carboxylic acids is 2. The predicted molar refractivity (Wildman–Crippen MR) is 83.2 cm³/mol. The zero-order valence-electron chi connectivity index (χ0n) is 14.1. The van der Waals surface area contributed by atoms with E-state index in [9.17, 15) is 18.4 Å². The number of halogens is 2. The van der Waals surface area contributed by atoms with Gasteiger partial charge in [-0.15, -0.1) is 0 Å². The molecule has 2 aliphatic heterocycles. The maximum Gasteiger partial charge on any atom is 0.276 e. The van der Waals surface area contributed by atoms with Crippen molar-refractivity contribution >= 4 is 11.8 Å². The zero-order valence-corrected chi connectivity index (χ0v) is 14.1. The maximum absolute atomic E-state index is 14.4. The Bertz CT molecular complexity index is 716. The van der Waals surface area contributed by atoms with Gasteiger partial charge in [-0.05, 0) is 26.2 Å². The van der Waals surface area contributed by atoms with Gasteiger partial charge >= 0.3 is 0 Å². The van der Waals surface area contributed by atoms with Crippen molar-refractivity contribution in [1.82, 2.24) is 15.0 Å². The second kappa shape index (κ2) is 5.51. The van der Waals surface area contributed by atoms with E-state index in [4.69, 9.17) is 4.52 Å². The van der Waals surface area contributed by atoms with E-state index in [1.54, 1.807) is 11.0 Å². The molecule has 3 aliphatic rings. The van der Waals surface area contributed by atoms with Crippen LogP contribution in [0.2, 0.25) is 0 Å². The van der Waals surface area contributed by atoms with E-state index in [0.717, 1.165) is 17.7 Å². The number of carbonyl (C=O) groups is 2. The number of hydrogen-bond donors (Lipinski definition) is 0. The first kappa shape index (κ1) is 16.5. The average Bonchev–Trinajstić information content (AvgIpc) is 3.22. The standard InChI is InChI=1S/C17H21F2N3O3/c1-2-21-6-5-16(15(21)24)8-17(18,19)10-22(9-16)14(23)12-7-13(25-20-12)11-3-4-11/h7,11H,2-6,8-10H2,1H3/t16-/m0/s1. The molecule has 0 N–H and O–H groups in total. The molecule has 0 radical (unpaired) electrons. The highest BCUT2D eigenvalue weighted by atomic mass is 19.3. The molecular formula is C17H21F2N3O3. The van der Waals surface area contributed by atoms with Crippen molar-refractivity contribution in [2.45, 2.75) is 44.4 Å². The summed E-state index contributed by atoms with van der Waals surface area (Å²) in [5, 5.41) is 3.76. The van der Waals surface area contributed by atoms with Crippen molar-refractivity contribution in [3.63, 3.8) is 0 Å². The van der Waals surface area contributed by atoms with Crippen molar-refractivity contribution in [2.75, 3.05) is 26.2 Å². The van der Waals surface area contributed by atoms with Crippen LogP contribution >= 0.6 is 0 Å². The zero-order chi connectivity index (χ0) is 17.8. The van der Waals surface area contributed by atoms with E-state index in [1.807, 2.05) is 6.92 Å². The summed E-state index contributed by atoms with van der Waals surface area (Å²) >= 11 is 0. The molecule has 2 saturated heterocycles. The van der Waals surface area contributed by atoms with Gasteiger partial charge in [-0.3, -0.25) is 9.59 Å². The third-order valence-electron chi connectivity index (χ3n) is 5.51. The van der Waals surface area contributed by atoms with Crippen molar-refractivity contribution in [1.29, 1.82) is 0 Å². The van der Waals surface area contributed by atoms with Gasteiger partial charge in [0.1, 0.15) is 5.76 Å². The Balaban J connectivity index is 1.58. The van der Waals surface area contributed by atoms with Gasteiger partial charge in [-0.1, -0.05) is 5.16 Å². The minimum Gasteiger partial charge on any atom is -0.360 e. The van der Waals surface area contributed by atoms with E-state index in [0.29, 0.717) is 25.3 Å². The molecule has 1 saturated carbocycles. The Kier molecular flexibility index (Phi) is 3.63. The Morgan fingerprint density at radius 1 is 1.40 bits per heavy atom. The van der Waals surface area contributed by atoms with E-state index in [1.165, 1.54) is 0 Å². The second-order valence-corrected chi connectivity index (χ2v) is 7.50. The molecule has 8 heteroatoms. The van der Waals surface area contributed by atoms with Crippen LogP contribution in [0.4, 0.5) is 8.78 Å². The topological polar surface area (TPSA) is 66.7 Å². The lowest BCUT2D eigenvalue weighted by Crippen LogP contribution is -2.57. The van der Waals surface area contributed by atoms with Gasteiger partial charge in [0, 0.05) is 38.0 Å². The first-order valence-corrected chi connectivity index (χ1v) is 8.77. The van der Waals surface area contributed by atoms with E-state index in [2.05, 4.69) is 5.16 Å². The highest BCUT2D eigenvalue weighted by Gasteiger charge is 2.57. The molecule has 0 bridgehead atoms. The molecule has 136 valence electrons. The van der Waals surface area contributed by atoms with Crippen LogP contribution in [0.1, 0.15) is 54.8 Å².